The summed E-state index contributed by atoms with van der Waals surface area (Å²) >= 11 is 0. The molecule has 102 valence electrons. The maximum Gasteiger partial charge on any atom is 0.154 e. The summed E-state index contributed by atoms with van der Waals surface area (Å²) in [5, 5.41) is 8.90. The fourth-order valence-electron chi connectivity index (χ4n) is 1.64. The highest BCUT2D eigenvalue weighted by atomic mass is 32.2. The second kappa shape index (κ2) is 7.51. The molecule has 1 aromatic carbocycles. The Labute approximate surface area is 109 Å². The molecule has 0 atom stereocenters. The van der Waals surface area contributed by atoms with Gasteiger partial charge in [0.15, 0.2) is 9.84 Å². The molecule has 0 radical (unpaired) electrons. The van der Waals surface area contributed by atoms with Gasteiger partial charge in [0.1, 0.15) is 0 Å². The lowest BCUT2D eigenvalue weighted by atomic mass is 10.2. The van der Waals surface area contributed by atoms with Crippen LogP contribution in [0.3, 0.4) is 0 Å². The Hall–Kier alpha value is -0.910. The molecule has 1 aromatic rings. The standard InChI is InChI=1S/C13H20O4S/c1-17-8-2-3-9-18(15,16)11-13-6-4-12(10-14)5-7-13/h4-7,14H,2-3,8-11H2,1H3. The zero-order chi connectivity index (χ0) is 13.4. The fourth-order valence-corrected chi connectivity index (χ4v) is 3.12. The number of ether oxygens (including phenoxy) is 1. The Morgan fingerprint density at radius 2 is 1.72 bits per heavy atom. The van der Waals surface area contributed by atoms with Crippen LogP contribution in [0.1, 0.15) is 24.0 Å². The highest BCUT2D eigenvalue weighted by Crippen LogP contribution is 2.10. The molecule has 0 saturated carbocycles. The van der Waals surface area contributed by atoms with E-state index in [0.717, 1.165) is 17.5 Å². The number of hydrogen-bond donors (Lipinski definition) is 1. The van der Waals surface area contributed by atoms with E-state index in [1.54, 1.807) is 31.4 Å². The Balaban J connectivity index is 2.48. The average Bonchev–Trinajstić information content (AvgIpc) is 2.35. The molecule has 5 heteroatoms. The van der Waals surface area contributed by atoms with Crippen LogP contribution in [0.25, 0.3) is 0 Å². The third-order valence-corrected chi connectivity index (χ3v) is 4.33. The van der Waals surface area contributed by atoms with Crippen LogP contribution in [-0.2, 0) is 26.9 Å². The predicted octanol–water partition coefficient (Wildman–Crippen LogP) is 1.52. The van der Waals surface area contributed by atoms with Gasteiger partial charge in [-0.25, -0.2) is 8.42 Å². The number of sulfone groups is 1. The van der Waals surface area contributed by atoms with Gasteiger partial charge in [0.05, 0.1) is 18.1 Å². The number of aliphatic hydroxyl groups is 1. The van der Waals surface area contributed by atoms with Crippen molar-refractivity contribution in [2.24, 2.45) is 0 Å². The van der Waals surface area contributed by atoms with Crippen molar-refractivity contribution in [1.29, 1.82) is 0 Å². The number of rotatable bonds is 8. The van der Waals surface area contributed by atoms with E-state index in [2.05, 4.69) is 0 Å². The minimum Gasteiger partial charge on any atom is -0.392 e. The van der Waals surface area contributed by atoms with Crippen LogP contribution >= 0.6 is 0 Å². The van der Waals surface area contributed by atoms with Crippen LogP contribution in [-0.4, -0.2) is 33.0 Å². The van der Waals surface area contributed by atoms with Gasteiger partial charge in [-0.2, -0.15) is 0 Å². The van der Waals surface area contributed by atoms with Gasteiger partial charge in [0, 0.05) is 13.7 Å². The lowest BCUT2D eigenvalue weighted by Gasteiger charge is -2.05. The Morgan fingerprint density at radius 3 is 2.28 bits per heavy atom. The molecular formula is C13H20O4S. The van der Waals surface area contributed by atoms with Gasteiger partial charge in [-0.3, -0.25) is 0 Å². The van der Waals surface area contributed by atoms with Crippen molar-refractivity contribution in [2.45, 2.75) is 25.2 Å². The largest absolute Gasteiger partial charge is 0.392 e. The van der Waals surface area contributed by atoms with Gasteiger partial charge in [0.2, 0.25) is 0 Å². The van der Waals surface area contributed by atoms with E-state index in [4.69, 9.17) is 9.84 Å². The molecule has 0 heterocycles. The molecule has 0 spiro atoms. The molecule has 0 unspecified atom stereocenters. The van der Waals surface area contributed by atoms with E-state index < -0.39 is 9.84 Å². The smallest absolute Gasteiger partial charge is 0.154 e. The van der Waals surface area contributed by atoms with Crippen molar-refractivity contribution in [1.82, 2.24) is 0 Å². The van der Waals surface area contributed by atoms with Crippen molar-refractivity contribution in [3.63, 3.8) is 0 Å². The van der Waals surface area contributed by atoms with E-state index in [-0.39, 0.29) is 18.1 Å². The van der Waals surface area contributed by atoms with E-state index in [1.807, 2.05) is 0 Å². The Morgan fingerprint density at radius 1 is 1.11 bits per heavy atom. The van der Waals surface area contributed by atoms with E-state index in [0.29, 0.717) is 13.0 Å². The molecule has 0 fully saturated rings. The molecule has 0 saturated heterocycles. The molecule has 18 heavy (non-hydrogen) atoms. The Bertz CT molecular complexity index is 437. The third kappa shape index (κ3) is 5.62. The van der Waals surface area contributed by atoms with Crippen molar-refractivity contribution < 1.29 is 18.3 Å². The van der Waals surface area contributed by atoms with Crippen LogP contribution in [0.2, 0.25) is 0 Å². The van der Waals surface area contributed by atoms with Crippen LogP contribution in [0, 0.1) is 0 Å². The maximum absolute atomic E-state index is 11.8. The molecule has 0 aliphatic rings. The number of methoxy groups -OCH3 is 1. The predicted molar refractivity (Wildman–Crippen MR) is 71.0 cm³/mol. The summed E-state index contributed by atoms with van der Waals surface area (Å²) in [4.78, 5) is 0. The van der Waals surface area contributed by atoms with Crippen LogP contribution in [0.4, 0.5) is 0 Å². The minimum absolute atomic E-state index is 0.0238. The first-order valence-corrected chi connectivity index (χ1v) is 7.77. The molecule has 0 bridgehead atoms. The minimum atomic E-state index is -3.05. The zero-order valence-corrected chi connectivity index (χ0v) is 11.4. The van der Waals surface area contributed by atoms with Crippen LogP contribution in [0.5, 0.6) is 0 Å². The zero-order valence-electron chi connectivity index (χ0n) is 10.6. The molecule has 1 rings (SSSR count). The SMILES string of the molecule is COCCCCS(=O)(=O)Cc1ccc(CO)cc1. The van der Waals surface area contributed by atoms with Crippen molar-refractivity contribution >= 4 is 9.84 Å². The molecule has 0 amide bonds. The lowest BCUT2D eigenvalue weighted by Crippen LogP contribution is -2.10. The first kappa shape index (κ1) is 15.1. The maximum atomic E-state index is 11.8. The second-order valence-electron chi connectivity index (χ2n) is 4.27. The van der Waals surface area contributed by atoms with Gasteiger partial charge in [-0.1, -0.05) is 24.3 Å². The summed E-state index contributed by atoms with van der Waals surface area (Å²) in [6.45, 7) is 0.574. The second-order valence-corrected chi connectivity index (χ2v) is 6.45. The first-order valence-electron chi connectivity index (χ1n) is 5.95. The number of benzene rings is 1. The summed E-state index contributed by atoms with van der Waals surface area (Å²) in [6.07, 6.45) is 1.39. The van der Waals surface area contributed by atoms with Crippen molar-refractivity contribution in [2.75, 3.05) is 19.5 Å². The first-order chi connectivity index (χ1) is 8.57. The van der Waals surface area contributed by atoms with Crippen molar-refractivity contribution in [3.05, 3.63) is 35.4 Å². The summed E-state index contributed by atoms with van der Waals surface area (Å²) in [7, 11) is -1.44. The van der Waals surface area contributed by atoms with Gasteiger partial charge in [0.25, 0.3) is 0 Å². The van der Waals surface area contributed by atoms with E-state index in [1.165, 1.54) is 0 Å². The highest BCUT2D eigenvalue weighted by Gasteiger charge is 2.11. The number of hydrogen-bond acceptors (Lipinski definition) is 4. The molecule has 1 N–H and O–H groups in total. The molecule has 4 nitrogen and oxygen atoms in total. The van der Waals surface area contributed by atoms with Crippen LogP contribution in [0.15, 0.2) is 24.3 Å². The number of aliphatic hydroxyl groups excluding tert-OH is 1. The summed E-state index contributed by atoms with van der Waals surface area (Å²) in [5.74, 6) is 0.254. The topological polar surface area (TPSA) is 63.6 Å². The summed E-state index contributed by atoms with van der Waals surface area (Å²) < 4.78 is 28.5. The van der Waals surface area contributed by atoms with Gasteiger partial charge < -0.3 is 9.84 Å². The quantitative estimate of drug-likeness (QED) is 0.729. The monoisotopic (exact) mass is 272 g/mol. The normalized spacial score (nSPS) is 11.7. The average molecular weight is 272 g/mol. The molecule has 0 aliphatic carbocycles. The van der Waals surface area contributed by atoms with Crippen molar-refractivity contribution in [3.8, 4) is 0 Å². The van der Waals surface area contributed by atoms with Gasteiger partial charge in [-0.05, 0) is 24.0 Å². The van der Waals surface area contributed by atoms with Crippen LogP contribution < -0.4 is 0 Å². The van der Waals surface area contributed by atoms with E-state index >= 15 is 0 Å². The van der Waals surface area contributed by atoms with E-state index in [9.17, 15) is 8.42 Å². The highest BCUT2D eigenvalue weighted by molar-refractivity contribution is 7.90. The molecule has 0 aliphatic heterocycles. The molecular weight excluding hydrogens is 252 g/mol. The molecule has 0 aromatic heterocycles. The van der Waals surface area contributed by atoms with Gasteiger partial charge >= 0.3 is 0 Å². The lowest BCUT2D eigenvalue weighted by molar-refractivity contribution is 0.194. The fraction of sp³-hybridized carbons (Fsp3) is 0.538. The summed E-state index contributed by atoms with van der Waals surface area (Å²) in [5.41, 5.74) is 1.55. The Kier molecular flexibility index (Phi) is 6.32. The number of unbranched alkanes of at least 4 members (excludes halogenated alkanes) is 1. The third-order valence-electron chi connectivity index (χ3n) is 2.65. The summed E-state index contributed by atoms with van der Waals surface area (Å²) in [6, 6.07) is 6.99. The van der Waals surface area contributed by atoms with Gasteiger partial charge in [-0.15, -0.1) is 0 Å².